The number of alkyl halides is 2. The van der Waals surface area contributed by atoms with Gasteiger partial charge in [0.2, 0.25) is 11.8 Å². The first kappa shape index (κ1) is 32.0. The first-order chi connectivity index (χ1) is 19.9. The topological polar surface area (TPSA) is 117 Å². The van der Waals surface area contributed by atoms with E-state index in [-0.39, 0.29) is 40.9 Å². The molecule has 0 spiro atoms. The lowest BCUT2D eigenvalue weighted by Gasteiger charge is -2.30. The molecule has 1 saturated heterocycles. The van der Waals surface area contributed by atoms with E-state index in [1.54, 1.807) is 18.2 Å². The number of aliphatic hydroxyl groups is 1. The van der Waals surface area contributed by atoms with Gasteiger partial charge in [0.25, 0.3) is 0 Å². The van der Waals surface area contributed by atoms with Crippen LogP contribution in [0, 0.1) is 17.3 Å². The molecule has 1 saturated carbocycles. The van der Waals surface area contributed by atoms with Crippen LogP contribution in [-0.4, -0.2) is 47.6 Å². The largest absolute Gasteiger partial charge is 0.434 e. The zero-order valence-electron chi connectivity index (χ0n) is 23.2. The van der Waals surface area contributed by atoms with Gasteiger partial charge in [-0.3, -0.25) is 9.59 Å². The first-order valence-electron chi connectivity index (χ1n) is 13.9. The Morgan fingerprint density at radius 3 is 2.50 bits per heavy atom. The molecule has 0 radical (unpaired) electrons. The number of alkyl carbamates (subject to hydrolysis) is 1. The Bertz CT molecular complexity index is 1270. The Morgan fingerprint density at radius 1 is 1.19 bits per heavy atom. The Morgan fingerprint density at radius 2 is 1.90 bits per heavy atom. The van der Waals surface area contributed by atoms with Crippen LogP contribution in [0.5, 0.6) is 0 Å². The summed E-state index contributed by atoms with van der Waals surface area (Å²) in [4.78, 5) is 38.5. The number of rotatable bonds is 13. The number of nitrogens with one attached hydrogen (secondary N) is 3. The predicted octanol–water partition coefficient (Wildman–Crippen LogP) is 4.96. The number of hydrogen-bond acceptors (Lipinski definition) is 6. The summed E-state index contributed by atoms with van der Waals surface area (Å²) in [7, 11) is 0. The average Bonchev–Trinajstić information content (AvgIpc) is 3.56. The van der Waals surface area contributed by atoms with Crippen LogP contribution in [0.1, 0.15) is 56.3 Å². The number of hydrogen-bond donors (Lipinski definition) is 5. The van der Waals surface area contributed by atoms with Gasteiger partial charge >= 0.3 is 12.0 Å². The number of carbonyl (C=O) groups excluding carboxylic acids is 3. The standard InChI is InChI=1S/C30H36ClF2N3O5S/c1-29(11-12-29)16-23(26(39)35-22(17-37)14-19-10-13-34-25(19)38)27(42)36-28(40)41-24(18-6-3-2-4-7-18)30(32,33)20-8-5-9-21(31)15-20/h2-9,15,19,22-24,27,37,42H,10-14,16-17H2,1H3,(H,34,38)(H,35,39)(H,36,40)/t19-,22-,23-,24?,27+/m0/s1. The van der Waals surface area contributed by atoms with E-state index in [1.165, 1.54) is 30.3 Å². The molecule has 2 aliphatic rings. The predicted molar refractivity (Wildman–Crippen MR) is 157 cm³/mol. The van der Waals surface area contributed by atoms with Crippen LogP contribution in [0.25, 0.3) is 0 Å². The number of amides is 3. The van der Waals surface area contributed by atoms with Crippen molar-refractivity contribution in [3.63, 3.8) is 0 Å². The van der Waals surface area contributed by atoms with E-state index in [0.29, 0.717) is 19.4 Å². The van der Waals surface area contributed by atoms with E-state index in [0.717, 1.165) is 18.9 Å². The average molecular weight is 624 g/mol. The summed E-state index contributed by atoms with van der Waals surface area (Å²) in [5.41, 5.74) is -0.500. The Balaban J connectivity index is 1.48. The Hall–Kier alpha value is -2.89. The molecular weight excluding hydrogens is 588 g/mol. The summed E-state index contributed by atoms with van der Waals surface area (Å²) in [6, 6.07) is 12.1. The molecule has 8 nitrogen and oxygen atoms in total. The third-order valence-corrected chi connectivity index (χ3v) is 8.69. The summed E-state index contributed by atoms with van der Waals surface area (Å²) in [5.74, 6) is -5.41. The van der Waals surface area contributed by atoms with E-state index in [1.807, 2.05) is 6.92 Å². The normalized spacial score (nSPS) is 20.5. The Labute approximate surface area is 254 Å². The number of aliphatic hydroxyl groups excluding tert-OH is 1. The fourth-order valence-electron chi connectivity index (χ4n) is 5.19. The summed E-state index contributed by atoms with van der Waals surface area (Å²) in [6.07, 6.45) is -0.159. The fourth-order valence-corrected chi connectivity index (χ4v) is 5.72. The molecule has 2 aromatic rings. The fraction of sp³-hybridized carbons (Fsp3) is 0.500. The molecule has 5 atom stereocenters. The minimum absolute atomic E-state index is 0.0647. The molecule has 1 aliphatic heterocycles. The second-order valence-corrected chi connectivity index (χ2v) is 12.4. The van der Waals surface area contributed by atoms with Gasteiger partial charge in [-0.05, 0) is 55.2 Å². The molecule has 4 N–H and O–H groups in total. The van der Waals surface area contributed by atoms with E-state index in [4.69, 9.17) is 16.3 Å². The second-order valence-electron chi connectivity index (χ2n) is 11.4. The van der Waals surface area contributed by atoms with Crippen LogP contribution in [0.4, 0.5) is 13.6 Å². The number of halogens is 3. The zero-order valence-corrected chi connectivity index (χ0v) is 24.8. The quantitative estimate of drug-likeness (QED) is 0.160. The summed E-state index contributed by atoms with van der Waals surface area (Å²) >= 11 is 10.5. The van der Waals surface area contributed by atoms with Crippen LogP contribution in [0.3, 0.4) is 0 Å². The van der Waals surface area contributed by atoms with Crippen molar-refractivity contribution in [2.45, 2.75) is 62.5 Å². The number of ether oxygens (including phenoxy) is 1. The maximum atomic E-state index is 15.8. The van der Waals surface area contributed by atoms with Gasteiger partial charge in [0, 0.05) is 23.0 Å². The summed E-state index contributed by atoms with van der Waals surface area (Å²) in [6.45, 7) is 2.18. The number of benzene rings is 2. The smallest absolute Gasteiger partial charge is 0.408 e. The number of thiol groups is 1. The van der Waals surface area contributed by atoms with Crippen molar-refractivity contribution in [3.8, 4) is 0 Å². The first-order valence-corrected chi connectivity index (χ1v) is 14.8. The molecule has 1 unspecified atom stereocenters. The molecule has 2 fully saturated rings. The van der Waals surface area contributed by atoms with Gasteiger partial charge in [-0.15, -0.1) is 0 Å². The van der Waals surface area contributed by atoms with Crippen LogP contribution in [0.15, 0.2) is 54.6 Å². The summed E-state index contributed by atoms with van der Waals surface area (Å²) < 4.78 is 36.9. The lowest BCUT2D eigenvalue weighted by atomic mass is 9.91. The molecule has 0 bridgehead atoms. The third kappa shape index (κ3) is 8.14. The monoisotopic (exact) mass is 623 g/mol. The zero-order chi connectivity index (χ0) is 30.5. The highest BCUT2D eigenvalue weighted by Gasteiger charge is 2.47. The van der Waals surface area contributed by atoms with Crippen LogP contribution < -0.4 is 16.0 Å². The van der Waals surface area contributed by atoms with Gasteiger partial charge in [-0.25, -0.2) is 4.79 Å². The van der Waals surface area contributed by atoms with Crippen molar-refractivity contribution in [2.24, 2.45) is 17.3 Å². The second kappa shape index (κ2) is 13.6. The highest BCUT2D eigenvalue weighted by Crippen LogP contribution is 2.51. The van der Waals surface area contributed by atoms with Gasteiger partial charge in [0.1, 0.15) is 0 Å². The molecule has 1 heterocycles. The van der Waals surface area contributed by atoms with Crippen LogP contribution in [-0.2, 0) is 20.2 Å². The minimum Gasteiger partial charge on any atom is -0.434 e. The van der Waals surface area contributed by atoms with Crippen molar-refractivity contribution in [3.05, 3.63) is 70.7 Å². The highest BCUT2D eigenvalue weighted by molar-refractivity contribution is 7.81. The van der Waals surface area contributed by atoms with E-state index in [9.17, 15) is 19.5 Å². The van der Waals surface area contributed by atoms with Gasteiger partial charge in [0.05, 0.1) is 23.9 Å². The van der Waals surface area contributed by atoms with Crippen molar-refractivity contribution in [1.82, 2.24) is 16.0 Å². The maximum absolute atomic E-state index is 15.8. The van der Waals surface area contributed by atoms with E-state index < -0.39 is 46.9 Å². The summed E-state index contributed by atoms with van der Waals surface area (Å²) in [5, 5.41) is 16.9. The maximum Gasteiger partial charge on any atom is 0.408 e. The molecule has 2 aromatic carbocycles. The van der Waals surface area contributed by atoms with Crippen LogP contribution in [0.2, 0.25) is 5.02 Å². The third-order valence-electron chi connectivity index (χ3n) is 7.96. The molecular formula is C30H36ClF2N3O5S. The molecule has 3 amide bonds. The number of carbonyl (C=O) groups is 3. The van der Waals surface area contributed by atoms with E-state index in [2.05, 4.69) is 28.6 Å². The van der Waals surface area contributed by atoms with Gasteiger partial charge in [-0.2, -0.15) is 21.4 Å². The molecule has 42 heavy (non-hydrogen) atoms. The molecule has 1 aliphatic carbocycles. The minimum atomic E-state index is -3.64. The van der Waals surface area contributed by atoms with Crippen molar-refractivity contribution >= 4 is 42.1 Å². The molecule has 4 rings (SSSR count). The SMILES string of the molecule is CC1(C[C@@H](C(=O)N[C@H](CO)C[C@@H]2CCNC2=O)[C@@H](S)NC(=O)OC(c2ccccc2)C(F)(F)c2cccc(Cl)c2)CC1. The van der Waals surface area contributed by atoms with Crippen molar-refractivity contribution in [1.29, 1.82) is 0 Å². The van der Waals surface area contributed by atoms with Crippen LogP contribution >= 0.6 is 24.2 Å². The molecule has 12 heteroatoms. The molecule has 0 aromatic heterocycles. The van der Waals surface area contributed by atoms with Crippen molar-refractivity contribution < 1.29 is 33.0 Å². The van der Waals surface area contributed by atoms with Gasteiger partial charge < -0.3 is 25.8 Å². The lowest BCUT2D eigenvalue weighted by Crippen LogP contribution is -2.49. The molecule has 228 valence electrons. The highest BCUT2D eigenvalue weighted by atomic mass is 35.5. The van der Waals surface area contributed by atoms with Crippen molar-refractivity contribution in [2.75, 3.05) is 13.2 Å². The Kier molecular flexibility index (Phi) is 10.4. The van der Waals surface area contributed by atoms with Gasteiger partial charge in [0.15, 0.2) is 6.10 Å². The van der Waals surface area contributed by atoms with Gasteiger partial charge in [-0.1, -0.05) is 61.0 Å². The van der Waals surface area contributed by atoms with E-state index >= 15 is 8.78 Å². The lowest BCUT2D eigenvalue weighted by molar-refractivity contribution is -0.128.